The lowest BCUT2D eigenvalue weighted by Crippen LogP contribution is -2.44. The van der Waals surface area contributed by atoms with Crippen LogP contribution in [0, 0.1) is 6.92 Å². The number of nitrogens with two attached hydrogens (primary N) is 1. The van der Waals surface area contributed by atoms with Crippen LogP contribution in [0.5, 0.6) is 0 Å². The maximum atomic E-state index is 12.4. The first-order valence-electron chi connectivity index (χ1n) is 8.60. The predicted molar refractivity (Wildman–Crippen MR) is 97.6 cm³/mol. The zero-order chi connectivity index (χ0) is 18.1. The van der Waals surface area contributed by atoms with Crippen LogP contribution in [0.25, 0.3) is 22.2 Å². The molecule has 0 bridgehead atoms. The number of amides is 2. The van der Waals surface area contributed by atoms with E-state index in [4.69, 9.17) is 10.2 Å². The van der Waals surface area contributed by atoms with E-state index in [1.807, 2.05) is 24.3 Å². The number of urea groups is 1. The molecule has 0 saturated carbocycles. The minimum atomic E-state index is -0.174. The van der Waals surface area contributed by atoms with Crippen molar-refractivity contribution in [1.82, 2.24) is 20.1 Å². The van der Waals surface area contributed by atoms with Gasteiger partial charge in [0.2, 0.25) is 0 Å². The van der Waals surface area contributed by atoms with Crippen LogP contribution in [-0.2, 0) is 0 Å². The summed E-state index contributed by atoms with van der Waals surface area (Å²) < 4.78 is 5.57. The van der Waals surface area contributed by atoms with Gasteiger partial charge in [0.25, 0.3) is 0 Å². The molecule has 0 radical (unpaired) electrons. The number of nitrogens with one attached hydrogen (secondary N) is 1. The van der Waals surface area contributed by atoms with Crippen LogP contribution in [0.2, 0.25) is 0 Å². The third-order valence-corrected chi connectivity index (χ3v) is 4.55. The molecule has 2 amide bonds. The Morgan fingerprint density at radius 2 is 2.08 bits per heavy atom. The van der Waals surface area contributed by atoms with Crippen LogP contribution >= 0.6 is 0 Å². The van der Waals surface area contributed by atoms with Crippen LogP contribution in [0.3, 0.4) is 0 Å². The molecule has 3 heterocycles. The largest absolute Gasteiger partial charge is 0.441 e. The molecule has 134 valence electrons. The van der Waals surface area contributed by atoms with E-state index in [0.29, 0.717) is 30.6 Å². The zero-order valence-electron chi connectivity index (χ0n) is 14.5. The van der Waals surface area contributed by atoms with Crippen molar-refractivity contribution < 1.29 is 9.21 Å². The van der Waals surface area contributed by atoms with E-state index in [1.54, 1.807) is 18.0 Å². The third-order valence-electron chi connectivity index (χ3n) is 4.55. The van der Waals surface area contributed by atoms with E-state index in [-0.39, 0.29) is 12.1 Å². The van der Waals surface area contributed by atoms with Crippen molar-refractivity contribution in [2.24, 2.45) is 5.73 Å². The summed E-state index contributed by atoms with van der Waals surface area (Å²) in [7, 11) is 0. The first-order chi connectivity index (χ1) is 12.6. The van der Waals surface area contributed by atoms with E-state index in [1.165, 1.54) is 0 Å². The van der Waals surface area contributed by atoms with Gasteiger partial charge in [-0.25, -0.2) is 9.78 Å². The Kier molecular flexibility index (Phi) is 4.26. The van der Waals surface area contributed by atoms with Gasteiger partial charge in [0.1, 0.15) is 0 Å². The Morgan fingerprint density at radius 1 is 1.27 bits per heavy atom. The number of hydrogen-bond acceptors (Lipinski definition) is 6. The highest BCUT2D eigenvalue weighted by molar-refractivity contribution is 5.91. The molecule has 8 nitrogen and oxygen atoms in total. The van der Waals surface area contributed by atoms with Crippen molar-refractivity contribution in [3.8, 4) is 11.3 Å². The number of rotatable bonds is 2. The van der Waals surface area contributed by atoms with Gasteiger partial charge in [0, 0.05) is 37.0 Å². The summed E-state index contributed by atoms with van der Waals surface area (Å²) in [5.74, 6) is 1.72. The van der Waals surface area contributed by atoms with Crippen molar-refractivity contribution in [2.45, 2.75) is 25.8 Å². The number of fused-ring (bicyclic) bond motifs is 1. The average Bonchev–Trinajstić information content (AvgIpc) is 3.08. The molecule has 1 aromatic carbocycles. The Labute approximate surface area is 150 Å². The maximum Gasteiger partial charge on any atom is 0.323 e. The highest BCUT2D eigenvalue weighted by Gasteiger charge is 2.21. The van der Waals surface area contributed by atoms with Crippen molar-refractivity contribution in [2.75, 3.05) is 18.4 Å². The quantitative estimate of drug-likeness (QED) is 0.733. The highest BCUT2D eigenvalue weighted by Crippen LogP contribution is 2.25. The van der Waals surface area contributed by atoms with Gasteiger partial charge in [0.05, 0.1) is 11.7 Å². The molecule has 26 heavy (non-hydrogen) atoms. The smallest absolute Gasteiger partial charge is 0.323 e. The standard InChI is InChI=1S/C18H20N6O2/c1-11-20-10-16(26-11)12-2-3-15-13(8-12)9-17(23-22-15)21-18(25)24-6-4-14(19)5-7-24/h2-3,8-10,14H,4-7,19H2,1H3,(H,21,23,25). The Balaban J connectivity index is 1.55. The Morgan fingerprint density at radius 3 is 2.81 bits per heavy atom. The molecule has 1 aliphatic heterocycles. The molecule has 2 aromatic heterocycles. The number of oxazole rings is 1. The van der Waals surface area contributed by atoms with Crippen LogP contribution < -0.4 is 11.1 Å². The fourth-order valence-electron chi connectivity index (χ4n) is 3.05. The second-order valence-corrected chi connectivity index (χ2v) is 6.50. The lowest BCUT2D eigenvalue weighted by atomic mass is 10.1. The molecule has 8 heteroatoms. The molecule has 1 fully saturated rings. The second kappa shape index (κ2) is 6.72. The van der Waals surface area contributed by atoms with Gasteiger partial charge in [0.15, 0.2) is 17.5 Å². The van der Waals surface area contributed by atoms with Gasteiger partial charge in [-0.15, -0.1) is 10.2 Å². The van der Waals surface area contributed by atoms with Gasteiger partial charge < -0.3 is 15.1 Å². The number of anilines is 1. The minimum Gasteiger partial charge on any atom is -0.441 e. The topological polar surface area (TPSA) is 110 Å². The summed E-state index contributed by atoms with van der Waals surface area (Å²) in [5, 5.41) is 12.0. The van der Waals surface area contributed by atoms with Crippen LogP contribution in [0.1, 0.15) is 18.7 Å². The molecule has 1 saturated heterocycles. The number of hydrogen-bond donors (Lipinski definition) is 2. The van der Waals surface area contributed by atoms with Crippen molar-refractivity contribution >= 4 is 22.8 Å². The molecule has 0 atom stereocenters. The molecule has 3 N–H and O–H groups in total. The van der Waals surface area contributed by atoms with Crippen molar-refractivity contribution in [3.05, 3.63) is 36.4 Å². The van der Waals surface area contributed by atoms with Gasteiger partial charge in [-0.05, 0) is 37.1 Å². The summed E-state index contributed by atoms with van der Waals surface area (Å²) in [6, 6.07) is 7.53. The number of aryl methyl sites for hydroxylation is 1. The van der Waals surface area contributed by atoms with Crippen LogP contribution in [-0.4, -0.2) is 45.2 Å². The lowest BCUT2D eigenvalue weighted by Gasteiger charge is -2.29. The zero-order valence-corrected chi connectivity index (χ0v) is 14.5. The van der Waals surface area contributed by atoms with Gasteiger partial charge >= 0.3 is 6.03 Å². The van der Waals surface area contributed by atoms with E-state index >= 15 is 0 Å². The molecule has 4 rings (SSSR count). The van der Waals surface area contributed by atoms with Crippen LogP contribution in [0.15, 0.2) is 34.9 Å². The fraction of sp³-hybridized carbons (Fsp3) is 0.333. The molecule has 0 spiro atoms. The second-order valence-electron chi connectivity index (χ2n) is 6.50. The number of nitrogens with zero attached hydrogens (tertiary/aromatic N) is 4. The maximum absolute atomic E-state index is 12.4. The SMILES string of the molecule is Cc1ncc(-c2ccc3nnc(NC(=O)N4CCC(N)CC4)cc3c2)o1. The van der Waals surface area contributed by atoms with Gasteiger partial charge in [-0.3, -0.25) is 5.32 Å². The number of piperidine rings is 1. The van der Waals surface area contributed by atoms with E-state index < -0.39 is 0 Å². The van der Waals surface area contributed by atoms with E-state index in [2.05, 4.69) is 20.5 Å². The van der Waals surface area contributed by atoms with Crippen LogP contribution in [0.4, 0.5) is 10.6 Å². The predicted octanol–water partition coefficient (Wildman–Crippen LogP) is 2.55. The molecular weight excluding hydrogens is 332 g/mol. The number of benzene rings is 1. The third kappa shape index (κ3) is 3.36. The molecule has 3 aromatic rings. The summed E-state index contributed by atoms with van der Waals surface area (Å²) in [6.45, 7) is 3.11. The molecular formula is C18H20N6O2. The monoisotopic (exact) mass is 352 g/mol. The molecule has 0 unspecified atom stereocenters. The first-order valence-corrected chi connectivity index (χ1v) is 8.60. The Hall–Kier alpha value is -3.00. The molecule has 1 aliphatic rings. The van der Waals surface area contributed by atoms with Crippen molar-refractivity contribution in [1.29, 1.82) is 0 Å². The Bertz CT molecular complexity index is 946. The fourth-order valence-corrected chi connectivity index (χ4v) is 3.05. The van der Waals surface area contributed by atoms with Gasteiger partial charge in [-0.1, -0.05) is 0 Å². The normalized spacial score (nSPS) is 15.4. The summed E-state index contributed by atoms with van der Waals surface area (Å²) in [6.07, 6.45) is 3.32. The number of carbonyl (C=O) groups is 1. The molecule has 0 aliphatic carbocycles. The highest BCUT2D eigenvalue weighted by atomic mass is 16.4. The first kappa shape index (κ1) is 16.5. The number of aromatic nitrogens is 3. The van der Waals surface area contributed by atoms with E-state index in [0.717, 1.165) is 29.3 Å². The lowest BCUT2D eigenvalue weighted by molar-refractivity contribution is 0.195. The number of likely N-dealkylation sites (tertiary alicyclic amines) is 1. The van der Waals surface area contributed by atoms with Gasteiger partial charge in [-0.2, -0.15) is 0 Å². The summed E-state index contributed by atoms with van der Waals surface area (Å²) in [5.41, 5.74) is 7.52. The van der Waals surface area contributed by atoms with E-state index in [9.17, 15) is 4.79 Å². The summed E-state index contributed by atoms with van der Waals surface area (Å²) in [4.78, 5) is 18.3. The van der Waals surface area contributed by atoms with Crippen molar-refractivity contribution in [3.63, 3.8) is 0 Å². The summed E-state index contributed by atoms with van der Waals surface area (Å²) >= 11 is 0. The average molecular weight is 352 g/mol. The minimum absolute atomic E-state index is 0.174. The number of carbonyl (C=O) groups excluding carboxylic acids is 1.